The highest BCUT2D eigenvalue weighted by molar-refractivity contribution is 6.31. The lowest BCUT2D eigenvalue weighted by Crippen LogP contribution is -2.36. The molecule has 0 saturated carbocycles. The van der Waals surface area contributed by atoms with E-state index in [1.165, 1.54) is 7.11 Å². The number of aliphatic hydroxyl groups is 1. The number of halogens is 1. The van der Waals surface area contributed by atoms with Gasteiger partial charge in [-0.05, 0) is 18.2 Å². The van der Waals surface area contributed by atoms with Gasteiger partial charge in [-0.2, -0.15) is 0 Å². The number of nitrogens with zero attached hydrogens (tertiary/aromatic N) is 1. The van der Waals surface area contributed by atoms with E-state index in [1.807, 2.05) is 0 Å². The van der Waals surface area contributed by atoms with Gasteiger partial charge in [0.15, 0.2) is 0 Å². The molecule has 1 aromatic carbocycles. The molecule has 2 heterocycles. The molecule has 5 nitrogen and oxygen atoms in total. The number of hydrogen-bond donors (Lipinski definition) is 1. The van der Waals surface area contributed by atoms with Crippen LogP contribution >= 0.6 is 11.6 Å². The van der Waals surface area contributed by atoms with E-state index in [9.17, 15) is 9.90 Å². The Morgan fingerprint density at radius 1 is 1.62 bits per heavy atom. The molecule has 0 bridgehead atoms. The molecule has 2 atom stereocenters. The largest absolute Gasteiger partial charge is 0.496 e. The third-order valence-corrected chi connectivity index (χ3v) is 4.75. The Balaban J connectivity index is 1.86. The first-order chi connectivity index (χ1) is 10.1. The van der Waals surface area contributed by atoms with Gasteiger partial charge >= 0.3 is 0 Å². The van der Waals surface area contributed by atoms with Crippen molar-refractivity contribution in [2.75, 3.05) is 40.0 Å². The maximum Gasteiger partial charge on any atom is 0.257 e. The summed E-state index contributed by atoms with van der Waals surface area (Å²) < 4.78 is 10.7. The molecule has 114 valence electrons. The Bertz CT molecular complexity index is 565. The van der Waals surface area contributed by atoms with Gasteiger partial charge in [-0.3, -0.25) is 4.79 Å². The fraction of sp³-hybridized carbons (Fsp3) is 0.533. The molecule has 0 unspecified atom stereocenters. The van der Waals surface area contributed by atoms with E-state index in [1.54, 1.807) is 23.1 Å². The summed E-state index contributed by atoms with van der Waals surface area (Å²) in [6.45, 7) is 2.23. The summed E-state index contributed by atoms with van der Waals surface area (Å²) in [7, 11) is 1.53. The van der Waals surface area contributed by atoms with Crippen molar-refractivity contribution in [1.82, 2.24) is 4.90 Å². The number of hydrogen-bond acceptors (Lipinski definition) is 4. The molecule has 2 fully saturated rings. The average molecular weight is 312 g/mol. The molecule has 1 amide bonds. The molecule has 0 radical (unpaired) electrons. The highest BCUT2D eigenvalue weighted by atomic mass is 35.5. The maximum atomic E-state index is 12.7. The van der Waals surface area contributed by atoms with Crippen LogP contribution in [0.3, 0.4) is 0 Å². The summed E-state index contributed by atoms with van der Waals surface area (Å²) in [4.78, 5) is 14.5. The molecule has 0 aromatic heterocycles. The number of ether oxygens (including phenoxy) is 2. The van der Waals surface area contributed by atoms with E-state index in [0.29, 0.717) is 42.6 Å². The second-order valence-corrected chi connectivity index (χ2v) is 6.20. The zero-order chi connectivity index (χ0) is 15.0. The van der Waals surface area contributed by atoms with E-state index < -0.39 is 0 Å². The van der Waals surface area contributed by atoms with Crippen LogP contribution in [0.1, 0.15) is 10.4 Å². The molecular weight excluding hydrogens is 294 g/mol. The van der Waals surface area contributed by atoms with Crippen molar-refractivity contribution >= 4 is 17.5 Å². The van der Waals surface area contributed by atoms with Crippen molar-refractivity contribution in [3.63, 3.8) is 0 Å². The Hall–Kier alpha value is -1.30. The zero-order valence-electron chi connectivity index (χ0n) is 11.8. The van der Waals surface area contributed by atoms with Crippen molar-refractivity contribution in [2.24, 2.45) is 11.3 Å². The second kappa shape index (κ2) is 5.48. The highest BCUT2D eigenvalue weighted by Gasteiger charge is 2.51. The number of fused-ring (bicyclic) bond motifs is 1. The lowest BCUT2D eigenvalue weighted by atomic mass is 9.82. The molecule has 0 aliphatic carbocycles. The second-order valence-electron chi connectivity index (χ2n) is 5.76. The van der Waals surface area contributed by atoms with Gasteiger partial charge in [0, 0.05) is 29.4 Å². The van der Waals surface area contributed by atoms with Crippen molar-refractivity contribution in [1.29, 1.82) is 0 Å². The molecule has 6 heteroatoms. The van der Waals surface area contributed by atoms with Crippen LogP contribution in [0.5, 0.6) is 5.75 Å². The Morgan fingerprint density at radius 2 is 2.43 bits per heavy atom. The van der Waals surface area contributed by atoms with Crippen LogP contribution in [0.2, 0.25) is 5.02 Å². The summed E-state index contributed by atoms with van der Waals surface area (Å²) >= 11 is 5.99. The molecule has 2 aliphatic rings. The topological polar surface area (TPSA) is 59.0 Å². The maximum absolute atomic E-state index is 12.7. The SMILES string of the molecule is COc1ccc(Cl)cc1C(=O)N1C[C@H]2COC[C@@]2(CO)C1. The molecule has 1 aromatic rings. The van der Waals surface area contributed by atoms with E-state index in [4.69, 9.17) is 21.1 Å². The van der Waals surface area contributed by atoms with Crippen molar-refractivity contribution in [2.45, 2.75) is 0 Å². The third-order valence-electron chi connectivity index (χ3n) is 4.52. The first-order valence-corrected chi connectivity index (χ1v) is 7.29. The highest BCUT2D eigenvalue weighted by Crippen LogP contribution is 2.41. The number of rotatable bonds is 3. The minimum absolute atomic E-state index is 0.0358. The summed E-state index contributed by atoms with van der Waals surface area (Å²) in [6, 6.07) is 5.01. The van der Waals surface area contributed by atoms with Crippen molar-refractivity contribution < 1.29 is 19.4 Å². The minimum Gasteiger partial charge on any atom is -0.496 e. The van der Waals surface area contributed by atoms with Crippen LogP contribution in [0, 0.1) is 11.3 Å². The molecular formula is C15H18ClNO4. The van der Waals surface area contributed by atoms with E-state index in [-0.39, 0.29) is 23.8 Å². The fourth-order valence-electron chi connectivity index (χ4n) is 3.23. The van der Waals surface area contributed by atoms with Gasteiger partial charge in [0.05, 0.1) is 32.5 Å². The number of aliphatic hydroxyl groups excluding tert-OH is 1. The quantitative estimate of drug-likeness (QED) is 0.917. The number of benzene rings is 1. The number of carbonyl (C=O) groups excluding carboxylic acids is 1. The van der Waals surface area contributed by atoms with Crippen LogP contribution in [0.4, 0.5) is 0 Å². The van der Waals surface area contributed by atoms with Crippen LogP contribution < -0.4 is 4.74 Å². The molecule has 1 N–H and O–H groups in total. The number of methoxy groups -OCH3 is 1. The van der Waals surface area contributed by atoms with E-state index in [2.05, 4.69) is 0 Å². The summed E-state index contributed by atoms with van der Waals surface area (Å²) in [5.41, 5.74) is 0.139. The first kappa shape index (κ1) is 14.6. The van der Waals surface area contributed by atoms with Gasteiger partial charge < -0.3 is 19.5 Å². The lowest BCUT2D eigenvalue weighted by molar-refractivity contribution is 0.0628. The standard InChI is InChI=1S/C15H18ClNO4/c1-20-13-3-2-11(16)4-12(13)14(19)17-5-10-6-21-9-15(10,7-17)8-18/h2-4,10,18H,5-9H2,1H3/t10-,15-/m0/s1. The summed E-state index contributed by atoms with van der Waals surface area (Å²) in [6.07, 6.45) is 0. The van der Waals surface area contributed by atoms with Crippen molar-refractivity contribution in [3.8, 4) is 5.75 Å². The average Bonchev–Trinajstić information content (AvgIpc) is 3.03. The van der Waals surface area contributed by atoms with Gasteiger partial charge in [-0.25, -0.2) is 0 Å². The predicted octanol–water partition coefficient (Wildman–Crippen LogP) is 1.43. The molecule has 0 spiro atoms. The van der Waals surface area contributed by atoms with Gasteiger partial charge in [0.25, 0.3) is 5.91 Å². The fourth-order valence-corrected chi connectivity index (χ4v) is 3.40. The molecule has 2 aliphatic heterocycles. The zero-order valence-corrected chi connectivity index (χ0v) is 12.6. The predicted molar refractivity (Wildman–Crippen MR) is 77.7 cm³/mol. The number of likely N-dealkylation sites (tertiary alicyclic amines) is 1. The normalized spacial score (nSPS) is 27.8. The minimum atomic E-state index is -0.318. The Labute approximate surface area is 128 Å². The van der Waals surface area contributed by atoms with E-state index in [0.717, 1.165) is 0 Å². The summed E-state index contributed by atoms with van der Waals surface area (Å²) in [5.74, 6) is 0.587. The Morgan fingerprint density at radius 3 is 3.10 bits per heavy atom. The molecule has 21 heavy (non-hydrogen) atoms. The van der Waals surface area contributed by atoms with Crippen LogP contribution in [-0.2, 0) is 4.74 Å². The Kier molecular flexibility index (Phi) is 3.82. The summed E-state index contributed by atoms with van der Waals surface area (Å²) in [5, 5.41) is 10.2. The lowest BCUT2D eigenvalue weighted by Gasteiger charge is -2.24. The van der Waals surface area contributed by atoms with Gasteiger partial charge in [-0.15, -0.1) is 0 Å². The van der Waals surface area contributed by atoms with Crippen LogP contribution in [-0.4, -0.2) is 55.9 Å². The number of carbonyl (C=O) groups is 1. The third kappa shape index (κ3) is 2.39. The monoisotopic (exact) mass is 311 g/mol. The smallest absolute Gasteiger partial charge is 0.257 e. The first-order valence-electron chi connectivity index (χ1n) is 6.91. The molecule has 2 saturated heterocycles. The van der Waals surface area contributed by atoms with E-state index >= 15 is 0 Å². The van der Waals surface area contributed by atoms with Gasteiger partial charge in [0.1, 0.15) is 5.75 Å². The van der Waals surface area contributed by atoms with Gasteiger partial charge in [0.2, 0.25) is 0 Å². The van der Waals surface area contributed by atoms with Crippen LogP contribution in [0.15, 0.2) is 18.2 Å². The molecule has 3 rings (SSSR count). The van der Waals surface area contributed by atoms with Crippen molar-refractivity contribution in [3.05, 3.63) is 28.8 Å². The van der Waals surface area contributed by atoms with Crippen LogP contribution in [0.25, 0.3) is 0 Å². The van der Waals surface area contributed by atoms with Gasteiger partial charge in [-0.1, -0.05) is 11.6 Å². The number of amides is 1.